The van der Waals surface area contributed by atoms with Gasteiger partial charge < -0.3 is 20.3 Å². The molecular formula is C51H97NO5. The number of hydrogen-bond donors (Lipinski definition) is 3. The summed E-state index contributed by atoms with van der Waals surface area (Å²) in [6.45, 7) is 4.86. The molecule has 0 heterocycles. The molecule has 6 nitrogen and oxygen atoms in total. The summed E-state index contributed by atoms with van der Waals surface area (Å²) in [5, 5.41) is 22.9. The minimum Gasteiger partial charge on any atom is -0.466 e. The number of hydrogen-bond acceptors (Lipinski definition) is 5. The fraction of sp³-hybridized carbons (Fsp3) is 0.882. The molecule has 0 aliphatic heterocycles. The van der Waals surface area contributed by atoms with Crippen molar-refractivity contribution in [3.05, 3.63) is 24.3 Å². The van der Waals surface area contributed by atoms with Gasteiger partial charge in [0.05, 0.1) is 25.4 Å². The Morgan fingerprint density at radius 1 is 0.474 bits per heavy atom. The summed E-state index contributed by atoms with van der Waals surface area (Å²) in [6.07, 6.45) is 54.7. The van der Waals surface area contributed by atoms with E-state index in [1.807, 2.05) is 6.08 Å². The van der Waals surface area contributed by atoms with E-state index in [0.29, 0.717) is 19.4 Å². The molecule has 0 spiro atoms. The second kappa shape index (κ2) is 47.0. The zero-order valence-corrected chi connectivity index (χ0v) is 38.1. The van der Waals surface area contributed by atoms with Crippen LogP contribution in [-0.4, -0.2) is 47.4 Å². The molecule has 0 saturated carbocycles. The minimum atomic E-state index is -0.850. The Kier molecular flexibility index (Phi) is 45.7. The van der Waals surface area contributed by atoms with Gasteiger partial charge in [0, 0.05) is 12.8 Å². The first-order chi connectivity index (χ1) is 28.0. The Balaban J connectivity index is 3.46. The number of allylic oxidation sites excluding steroid dienone is 3. The Labute approximate surface area is 354 Å². The Morgan fingerprint density at radius 2 is 0.825 bits per heavy atom. The average Bonchev–Trinajstić information content (AvgIpc) is 3.21. The van der Waals surface area contributed by atoms with Crippen LogP contribution in [0.2, 0.25) is 0 Å². The van der Waals surface area contributed by atoms with Gasteiger partial charge in [-0.1, -0.05) is 218 Å². The molecule has 0 saturated heterocycles. The van der Waals surface area contributed by atoms with Crippen molar-refractivity contribution < 1.29 is 24.5 Å². The summed E-state index contributed by atoms with van der Waals surface area (Å²) in [4.78, 5) is 24.3. The number of amides is 1. The van der Waals surface area contributed by atoms with Crippen molar-refractivity contribution in [1.82, 2.24) is 5.32 Å². The van der Waals surface area contributed by atoms with Crippen molar-refractivity contribution in [3.8, 4) is 0 Å². The van der Waals surface area contributed by atoms with E-state index < -0.39 is 12.1 Å². The summed E-state index contributed by atoms with van der Waals surface area (Å²) in [6, 6.07) is -0.635. The highest BCUT2D eigenvalue weighted by atomic mass is 16.5. The third kappa shape index (κ3) is 43.7. The van der Waals surface area contributed by atoms with Gasteiger partial charge in [-0.2, -0.15) is 0 Å². The first kappa shape index (κ1) is 55.3. The third-order valence-corrected chi connectivity index (χ3v) is 11.5. The van der Waals surface area contributed by atoms with Gasteiger partial charge in [-0.3, -0.25) is 9.59 Å². The van der Waals surface area contributed by atoms with Crippen molar-refractivity contribution in [3.63, 3.8) is 0 Å². The maximum atomic E-state index is 12.4. The van der Waals surface area contributed by atoms with Crippen molar-refractivity contribution >= 4 is 11.9 Å². The Morgan fingerprint density at radius 3 is 1.25 bits per heavy atom. The summed E-state index contributed by atoms with van der Waals surface area (Å²) >= 11 is 0. The smallest absolute Gasteiger partial charge is 0.305 e. The predicted octanol–water partition coefficient (Wildman–Crippen LogP) is 14.7. The molecular weight excluding hydrogens is 707 g/mol. The van der Waals surface area contributed by atoms with Gasteiger partial charge in [-0.15, -0.1) is 0 Å². The molecule has 3 N–H and O–H groups in total. The molecule has 0 aromatic carbocycles. The predicted molar refractivity (Wildman–Crippen MR) is 246 cm³/mol. The van der Waals surface area contributed by atoms with Crippen LogP contribution < -0.4 is 5.32 Å². The van der Waals surface area contributed by atoms with Gasteiger partial charge in [0.2, 0.25) is 5.91 Å². The number of esters is 1. The molecule has 336 valence electrons. The third-order valence-electron chi connectivity index (χ3n) is 11.5. The normalized spacial score (nSPS) is 12.8. The molecule has 2 unspecified atom stereocenters. The number of nitrogens with one attached hydrogen (secondary N) is 1. The van der Waals surface area contributed by atoms with Crippen molar-refractivity contribution in [2.75, 3.05) is 13.2 Å². The van der Waals surface area contributed by atoms with E-state index in [1.54, 1.807) is 6.08 Å². The molecule has 0 aromatic heterocycles. The van der Waals surface area contributed by atoms with E-state index in [9.17, 15) is 19.8 Å². The fourth-order valence-corrected chi connectivity index (χ4v) is 7.57. The highest BCUT2D eigenvalue weighted by Crippen LogP contribution is 2.15. The monoisotopic (exact) mass is 804 g/mol. The zero-order chi connectivity index (χ0) is 41.5. The van der Waals surface area contributed by atoms with Crippen LogP contribution in [0.4, 0.5) is 0 Å². The second-order valence-corrected chi connectivity index (χ2v) is 17.1. The van der Waals surface area contributed by atoms with Crippen LogP contribution in [-0.2, 0) is 14.3 Å². The van der Waals surface area contributed by atoms with Gasteiger partial charge in [-0.25, -0.2) is 0 Å². The molecule has 0 aromatic rings. The standard InChI is InChI=1S/C51H97NO5/c1-3-5-7-9-11-13-15-25-29-33-37-41-45-51(56)57-46-42-38-34-30-26-23-21-19-17-16-18-20-22-24-28-32-36-40-44-50(55)52-48(47-53)49(54)43-39-35-31-27-14-12-10-8-6-4-2/h18,20,39,43,48-49,53-54H,3-17,19,21-38,40-42,44-47H2,1-2H3,(H,52,55)/b20-18-,43-39+. The van der Waals surface area contributed by atoms with Crippen LogP contribution in [0.25, 0.3) is 0 Å². The van der Waals surface area contributed by atoms with Crippen LogP contribution in [0.15, 0.2) is 24.3 Å². The summed E-state index contributed by atoms with van der Waals surface area (Å²) in [5.74, 6) is -0.0825. The zero-order valence-electron chi connectivity index (χ0n) is 38.1. The van der Waals surface area contributed by atoms with E-state index in [0.717, 1.165) is 57.8 Å². The largest absolute Gasteiger partial charge is 0.466 e. The van der Waals surface area contributed by atoms with Crippen molar-refractivity contribution in [2.45, 2.75) is 276 Å². The lowest BCUT2D eigenvalue weighted by Gasteiger charge is -2.20. The van der Waals surface area contributed by atoms with Crippen LogP contribution in [0, 0.1) is 0 Å². The summed E-state index contributed by atoms with van der Waals surface area (Å²) in [7, 11) is 0. The number of ether oxygens (including phenoxy) is 1. The van der Waals surface area contributed by atoms with Crippen LogP contribution in [0.5, 0.6) is 0 Å². The number of aliphatic hydroxyl groups excluding tert-OH is 2. The molecule has 6 heteroatoms. The number of carbonyl (C=O) groups excluding carboxylic acids is 2. The molecule has 0 aliphatic carbocycles. The topological polar surface area (TPSA) is 95.9 Å². The van der Waals surface area contributed by atoms with Gasteiger partial charge in [0.15, 0.2) is 0 Å². The lowest BCUT2D eigenvalue weighted by atomic mass is 10.0. The molecule has 0 radical (unpaired) electrons. The van der Waals surface area contributed by atoms with Crippen molar-refractivity contribution in [2.24, 2.45) is 0 Å². The Bertz CT molecular complexity index is 889. The van der Waals surface area contributed by atoms with E-state index in [4.69, 9.17) is 4.74 Å². The first-order valence-corrected chi connectivity index (χ1v) is 25.1. The van der Waals surface area contributed by atoms with Crippen LogP contribution >= 0.6 is 0 Å². The summed E-state index contributed by atoms with van der Waals surface area (Å²) in [5.41, 5.74) is 0. The number of carbonyl (C=O) groups is 2. The first-order valence-electron chi connectivity index (χ1n) is 25.1. The molecule has 57 heavy (non-hydrogen) atoms. The molecule has 0 aliphatic rings. The maximum absolute atomic E-state index is 12.4. The Hall–Kier alpha value is -1.66. The number of aliphatic hydroxyl groups is 2. The van der Waals surface area contributed by atoms with Crippen LogP contribution in [0.1, 0.15) is 264 Å². The molecule has 1 amide bonds. The van der Waals surface area contributed by atoms with E-state index in [2.05, 4.69) is 31.3 Å². The lowest BCUT2D eigenvalue weighted by molar-refractivity contribution is -0.143. The van der Waals surface area contributed by atoms with Crippen molar-refractivity contribution in [1.29, 1.82) is 0 Å². The highest BCUT2D eigenvalue weighted by Gasteiger charge is 2.18. The highest BCUT2D eigenvalue weighted by molar-refractivity contribution is 5.76. The second-order valence-electron chi connectivity index (χ2n) is 17.1. The maximum Gasteiger partial charge on any atom is 0.305 e. The van der Waals surface area contributed by atoms with E-state index in [1.165, 1.54) is 180 Å². The van der Waals surface area contributed by atoms with Gasteiger partial charge in [0.25, 0.3) is 0 Å². The van der Waals surface area contributed by atoms with Gasteiger partial charge >= 0.3 is 5.97 Å². The van der Waals surface area contributed by atoms with Gasteiger partial charge in [0.1, 0.15) is 0 Å². The van der Waals surface area contributed by atoms with Crippen LogP contribution in [0.3, 0.4) is 0 Å². The minimum absolute atomic E-state index is 0.00213. The number of rotatable bonds is 46. The molecule has 2 atom stereocenters. The fourth-order valence-electron chi connectivity index (χ4n) is 7.57. The SMILES string of the molecule is CCCCCCCCCC/C=C/C(O)C(CO)NC(=O)CCCCCCC/C=C\CCCCCCCCCCCOC(=O)CCCCCCCCCCCCCC. The lowest BCUT2D eigenvalue weighted by Crippen LogP contribution is -2.45. The molecule has 0 bridgehead atoms. The molecule has 0 fully saturated rings. The summed E-state index contributed by atoms with van der Waals surface area (Å²) < 4.78 is 5.45. The van der Waals surface area contributed by atoms with E-state index in [-0.39, 0.29) is 18.5 Å². The number of unbranched alkanes of at least 4 members (excludes halogenated alkanes) is 33. The quantitative estimate of drug-likeness (QED) is 0.0324. The average molecular weight is 804 g/mol. The van der Waals surface area contributed by atoms with Gasteiger partial charge in [-0.05, 0) is 57.8 Å². The molecule has 0 rings (SSSR count). The van der Waals surface area contributed by atoms with E-state index >= 15 is 0 Å².